The highest BCUT2D eigenvalue weighted by Crippen LogP contribution is 2.19. The Labute approximate surface area is 97.0 Å². The van der Waals surface area contributed by atoms with Gasteiger partial charge in [-0.2, -0.15) is 0 Å². The number of anilines is 1. The van der Waals surface area contributed by atoms with Gasteiger partial charge in [0.15, 0.2) is 0 Å². The second-order valence-corrected chi connectivity index (χ2v) is 4.08. The molecule has 0 radical (unpaired) electrons. The summed E-state index contributed by atoms with van der Waals surface area (Å²) in [5, 5.41) is 7.55. The molecule has 0 atom stereocenters. The number of hydrogen-bond acceptors (Lipinski definition) is 3. The molecule has 0 spiro atoms. The quantitative estimate of drug-likeness (QED) is 0.589. The minimum Gasteiger partial charge on any atom is -0.384 e. The van der Waals surface area contributed by atoms with E-state index in [1.165, 1.54) is 0 Å². The summed E-state index contributed by atoms with van der Waals surface area (Å²) < 4.78 is 0. The first-order chi connectivity index (χ1) is 7.57. The molecule has 0 bridgehead atoms. The fraction of sp³-hybridized carbons (Fsp3) is 0.500. The van der Waals surface area contributed by atoms with E-state index in [-0.39, 0.29) is 5.84 Å². The van der Waals surface area contributed by atoms with E-state index in [1.54, 1.807) is 6.20 Å². The van der Waals surface area contributed by atoms with Gasteiger partial charge in [0.1, 0.15) is 11.7 Å². The van der Waals surface area contributed by atoms with Gasteiger partial charge in [0.2, 0.25) is 0 Å². The second kappa shape index (κ2) is 5.49. The molecule has 0 saturated heterocycles. The molecule has 0 aliphatic rings. The van der Waals surface area contributed by atoms with E-state index in [4.69, 9.17) is 11.1 Å². The highest BCUT2D eigenvalue weighted by atomic mass is 15.2. The Bertz CT molecular complexity index is 360. The Kier molecular flexibility index (Phi) is 4.28. The number of nitrogen functional groups attached to an aromatic ring is 1. The van der Waals surface area contributed by atoms with Gasteiger partial charge in [-0.05, 0) is 32.4 Å². The van der Waals surface area contributed by atoms with Crippen LogP contribution in [0.25, 0.3) is 0 Å². The Morgan fingerprint density at radius 2 is 2.25 bits per heavy atom. The summed E-state index contributed by atoms with van der Waals surface area (Å²) in [5.74, 6) is 0.886. The number of pyridine rings is 1. The van der Waals surface area contributed by atoms with E-state index in [0.717, 1.165) is 18.8 Å². The van der Waals surface area contributed by atoms with Crippen LogP contribution in [0.1, 0.15) is 32.8 Å². The minimum absolute atomic E-state index is 0.0739. The molecule has 0 unspecified atom stereocenters. The van der Waals surface area contributed by atoms with Crippen LogP contribution in [-0.4, -0.2) is 23.4 Å². The van der Waals surface area contributed by atoms with Crippen molar-refractivity contribution < 1.29 is 0 Å². The molecule has 0 aromatic carbocycles. The van der Waals surface area contributed by atoms with Gasteiger partial charge in [0.05, 0.1) is 5.56 Å². The molecule has 4 nitrogen and oxygen atoms in total. The van der Waals surface area contributed by atoms with Crippen molar-refractivity contribution in [2.75, 3.05) is 11.4 Å². The zero-order chi connectivity index (χ0) is 12.1. The number of nitrogens with two attached hydrogens (primary N) is 1. The molecule has 1 aromatic rings. The summed E-state index contributed by atoms with van der Waals surface area (Å²) in [5.41, 5.74) is 6.28. The van der Waals surface area contributed by atoms with Crippen molar-refractivity contribution in [2.45, 2.75) is 33.2 Å². The largest absolute Gasteiger partial charge is 0.384 e. The van der Waals surface area contributed by atoms with Gasteiger partial charge in [-0.25, -0.2) is 4.98 Å². The average molecular weight is 220 g/mol. The number of aromatic nitrogens is 1. The molecule has 3 N–H and O–H groups in total. The van der Waals surface area contributed by atoms with Crippen LogP contribution in [0, 0.1) is 5.41 Å². The van der Waals surface area contributed by atoms with Crippen LogP contribution in [0.2, 0.25) is 0 Å². The van der Waals surface area contributed by atoms with Crippen LogP contribution in [0.5, 0.6) is 0 Å². The van der Waals surface area contributed by atoms with E-state index < -0.39 is 0 Å². The van der Waals surface area contributed by atoms with Crippen LogP contribution in [0.4, 0.5) is 5.82 Å². The van der Waals surface area contributed by atoms with E-state index in [1.807, 2.05) is 12.1 Å². The van der Waals surface area contributed by atoms with Gasteiger partial charge < -0.3 is 10.6 Å². The van der Waals surface area contributed by atoms with Crippen molar-refractivity contribution in [2.24, 2.45) is 5.73 Å². The van der Waals surface area contributed by atoms with Crippen LogP contribution in [0.15, 0.2) is 18.3 Å². The zero-order valence-electron chi connectivity index (χ0n) is 10.2. The van der Waals surface area contributed by atoms with E-state index >= 15 is 0 Å². The zero-order valence-corrected chi connectivity index (χ0v) is 10.2. The number of amidine groups is 1. The molecule has 0 fully saturated rings. The van der Waals surface area contributed by atoms with Crippen LogP contribution in [-0.2, 0) is 0 Å². The van der Waals surface area contributed by atoms with E-state index in [9.17, 15) is 0 Å². The first-order valence-electron chi connectivity index (χ1n) is 5.64. The molecule has 0 aliphatic carbocycles. The maximum absolute atomic E-state index is 7.55. The third kappa shape index (κ3) is 2.72. The van der Waals surface area contributed by atoms with Crippen molar-refractivity contribution >= 4 is 11.7 Å². The highest BCUT2D eigenvalue weighted by Gasteiger charge is 2.15. The first kappa shape index (κ1) is 12.5. The van der Waals surface area contributed by atoms with Crippen molar-refractivity contribution in [3.05, 3.63) is 23.9 Å². The first-order valence-corrected chi connectivity index (χ1v) is 5.64. The molecular formula is C12H20N4. The van der Waals surface area contributed by atoms with Crippen molar-refractivity contribution in [3.8, 4) is 0 Å². The summed E-state index contributed by atoms with van der Waals surface area (Å²) in [7, 11) is 0. The van der Waals surface area contributed by atoms with Gasteiger partial charge >= 0.3 is 0 Å². The van der Waals surface area contributed by atoms with Crippen LogP contribution < -0.4 is 10.6 Å². The predicted octanol–water partition coefficient (Wildman–Crippen LogP) is 1.99. The number of rotatable bonds is 5. The van der Waals surface area contributed by atoms with E-state index in [0.29, 0.717) is 11.6 Å². The van der Waals surface area contributed by atoms with Crippen molar-refractivity contribution in [3.63, 3.8) is 0 Å². The molecule has 4 heteroatoms. The molecule has 1 heterocycles. The molecular weight excluding hydrogens is 200 g/mol. The monoisotopic (exact) mass is 220 g/mol. The molecule has 1 rings (SSSR count). The lowest BCUT2D eigenvalue weighted by Crippen LogP contribution is -2.34. The Balaban J connectivity index is 3.12. The standard InChI is InChI=1S/C12H20N4/c1-4-8-16(9(2)3)12-10(11(13)14)6-5-7-15-12/h5-7,9H,4,8H2,1-3H3,(H3,13,14). The SMILES string of the molecule is CCCN(c1ncccc1C(=N)N)C(C)C. The van der Waals surface area contributed by atoms with Gasteiger partial charge in [0, 0.05) is 18.8 Å². The summed E-state index contributed by atoms with van der Waals surface area (Å²) >= 11 is 0. The minimum atomic E-state index is 0.0739. The number of nitrogens with one attached hydrogen (secondary N) is 1. The Morgan fingerprint density at radius 3 is 2.75 bits per heavy atom. The fourth-order valence-corrected chi connectivity index (χ4v) is 1.69. The summed E-state index contributed by atoms with van der Waals surface area (Å²) in [6.07, 6.45) is 2.79. The fourth-order valence-electron chi connectivity index (χ4n) is 1.69. The normalized spacial score (nSPS) is 10.5. The second-order valence-electron chi connectivity index (χ2n) is 4.08. The lowest BCUT2D eigenvalue weighted by molar-refractivity contribution is 0.661. The van der Waals surface area contributed by atoms with Gasteiger partial charge in [-0.3, -0.25) is 5.41 Å². The molecule has 16 heavy (non-hydrogen) atoms. The Hall–Kier alpha value is -1.58. The molecule has 1 aromatic heterocycles. The maximum atomic E-state index is 7.55. The number of nitrogens with zero attached hydrogens (tertiary/aromatic N) is 2. The van der Waals surface area contributed by atoms with Crippen LogP contribution in [0.3, 0.4) is 0 Å². The molecule has 0 saturated carbocycles. The maximum Gasteiger partial charge on any atom is 0.139 e. The summed E-state index contributed by atoms with van der Waals surface area (Å²) in [6.45, 7) is 7.29. The molecule has 0 aliphatic heterocycles. The van der Waals surface area contributed by atoms with Gasteiger partial charge in [0.25, 0.3) is 0 Å². The van der Waals surface area contributed by atoms with Gasteiger partial charge in [-0.15, -0.1) is 0 Å². The topological polar surface area (TPSA) is 66.0 Å². The number of hydrogen-bond donors (Lipinski definition) is 2. The summed E-state index contributed by atoms with van der Waals surface area (Å²) in [4.78, 5) is 6.52. The smallest absolute Gasteiger partial charge is 0.139 e. The third-order valence-electron chi connectivity index (χ3n) is 2.44. The molecule has 0 amide bonds. The lowest BCUT2D eigenvalue weighted by Gasteiger charge is -2.29. The van der Waals surface area contributed by atoms with Gasteiger partial charge in [-0.1, -0.05) is 6.92 Å². The predicted molar refractivity (Wildman–Crippen MR) is 68.0 cm³/mol. The summed E-state index contributed by atoms with van der Waals surface area (Å²) in [6, 6.07) is 4.01. The van der Waals surface area contributed by atoms with Crippen molar-refractivity contribution in [1.29, 1.82) is 5.41 Å². The lowest BCUT2D eigenvalue weighted by atomic mass is 10.2. The van der Waals surface area contributed by atoms with E-state index in [2.05, 4.69) is 30.7 Å². The average Bonchev–Trinajstić information content (AvgIpc) is 2.25. The highest BCUT2D eigenvalue weighted by molar-refractivity contribution is 5.99. The third-order valence-corrected chi connectivity index (χ3v) is 2.44. The Morgan fingerprint density at radius 1 is 1.56 bits per heavy atom. The van der Waals surface area contributed by atoms with Crippen molar-refractivity contribution in [1.82, 2.24) is 4.98 Å². The van der Waals surface area contributed by atoms with Crippen LogP contribution >= 0.6 is 0 Å². The molecule has 88 valence electrons.